The third-order valence-electron chi connectivity index (χ3n) is 6.85. The zero-order valence-corrected chi connectivity index (χ0v) is 20.2. The molecule has 2 N–H and O–H groups in total. The molecule has 1 saturated carbocycles. The molecule has 0 atom stereocenters. The van der Waals surface area contributed by atoms with Crippen LogP contribution < -0.4 is 5.32 Å². The summed E-state index contributed by atoms with van der Waals surface area (Å²) < 4.78 is 1.76. The third-order valence-corrected chi connectivity index (χ3v) is 7.11. The maximum atomic E-state index is 9.83. The lowest BCUT2D eigenvalue weighted by atomic mass is 9.93. The first-order valence-corrected chi connectivity index (χ1v) is 12.4. The molecule has 3 aromatic heterocycles. The molecule has 0 unspecified atom stereocenters. The van der Waals surface area contributed by atoms with Crippen LogP contribution in [-0.2, 0) is 0 Å². The Morgan fingerprint density at radius 1 is 1.00 bits per heavy atom. The first-order chi connectivity index (χ1) is 17.6. The van der Waals surface area contributed by atoms with Gasteiger partial charge in [0.2, 0.25) is 0 Å². The molecular formula is C28H23ClN6O. The fraction of sp³-hybridized carbons (Fsp3) is 0.214. The topological polar surface area (TPSA) is 99.7 Å². The maximum Gasteiger partial charge on any atom is 0.163 e. The number of aromatic nitrogens is 4. The monoisotopic (exact) mass is 494 g/mol. The molecule has 6 rings (SSSR count). The predicted molar refractivity (Wildman–Crippen MR) is 141 cm³/mol. The molecule has 0 radical (unpaired) electrons. The molecule has 0 spiro atoms. The van der Waals surface area contributed by atoms with Crippen LogP contribution >= 0.6 is 11.6 Å². The van der Waals surface area contributed by atoms with E-state index in [0.29, 0.717) is 22.2 Å². The molecule has 7 nitrogen and oxygen atoms in total. The lowest BCUT2D eigenvalue weighted by Gasteiger charge is -2.27. The summed E-state index contributed by atoms with van der Waals surface area (Å²) in [5, 5.41) is 29.8. The second-order valence-corrected chi connectivity index (χ2v) is 9.53. The molecule has 0 saturated heterocycles. The number of anilines is 1. The van der Waals surface area contributed by atoms with E-state index < -0.39 is 0 Å². The molecule has 0 bridgehead atoms. The number of benzene rings is 2. The molecule has 0 aliphatic heterocycles. The Morgan fingerprint density at radius 3 is 2.67 bits per heavy atom. The van der Waals surface area contributed by atoms with E-state index >= 15 is 0 Å². The van der Waals surface area contributed by atoms with Crippen LogP contribution in [0.15, 0.2) is 67.0 Å². The average molecular weight is 495 g/mol. The van der Waals surface area contributed by atoms with Crippen LogP contribution in [0.4, 0.5) is 5.69 Å². The van der Waals surface area contributed by atoms with Gasteiger partial charge in [-0.05, 0) is 55.5 Å². The summed E-state index contributed by atoms with van der Waals surface area (Å²) in [7, 11) is 0. The number of hydrogen-bond donors (Lipinski definition) is 2. The minimum atomic E-state index is -0.243. The van der Waals surface area contributed by atoms with E-state index in [9.17, 15) is 10.4 Å². The van der Waals surface area contributed by atoms with Gasteiger partial charge < -0.3 is 10.4 Å². The number of nitrogens with one attached hydrogen (secondary N) is 1. The summed E-state index contributed by atoms with van der Waals surface area (Å²) in [4.78, 5) is 9.01. The highest BCUT2D eigenvalue weighted by Crippen LogP contribution is 2.36. The molecule has 0 amide bonds. The van der Waals surface area contributed by atoms with Crippen LogP contribution in [0.25, 0.3) is 38.6 Å². The zero-order chi connectivity index (χ0) is 24.6. The van der Waals surface area contributed by atoms with Crippen molar-refractivity contribution in [2.45, 2.75) is 37.8 Å². The Kier molecular flexibility index (Phi) is 5.76. The normalized spacial score (nSPS) is 17.8. The van der Waals surface area contributed by atoms with Gasteiger partial charge in [-0.15, -0.1) is 0 Å². The Hall–Kier alpha value is -3.99. The van der Waals surface area contributed by atoms with Crippen LogP contribution in [0.5, 0.6) is 0 Å². The number of nitrogens with zero attached hydrogens (tertiary/aromatic N) is 5. The number of para-hydroxylation sites is 1. The molecule has 178 valence electrons. The van der Waals surface area contributed by atoms with Gasteiger partial charge in [-0.25, -0.2) is 9.67 Å². The first kappa shape index (κ1) is 22.5. The molecule has 1 fully saturated rings. The van der Waals surface area contributed by atoms with Crippen LogP contribution in [0.3, 0.4) is 0 Å². The van der Waals surface area contributed by atoms with E-state index in [1.807, 2.05) is 54.7 Å². The number of fused-ring (bicyclic) bond motifs is 2. The summed E-state index contributed by atoms with van der Waals surface area (Å²) in [6.45, 7) is 0. The summed E-state index contributed by atoms with van der Waals surface area (Å²) in [6, 6.07) is 20.3. The van der Waals surface area contributed by atoms with Crippen LogP contribution in [0.1, 0.15) is 31.4 Å². The largest absolute Gasteiger partial charge is 0.393 e. The molecule has 1 aliphatic carbocycles. The van der Waals surface area contributed by atoms with Gasteiger partial charge in [0.15, 0.2) is 10.8 Å². The van der Waals surface area contributed by atoms with Crippen molar-refractivity contribution in [3.05, 3.63) is 77.8 Å². The molecule has 1 aliphatic rings. The highest BCUT2D eigenvalue weighted by Gasteiger charge is 2.21. The molecule has 3 heterocycles. The summed E-state index contributed by atoms with van der Waals surface area (Å²) >= 11 is 6.70. The van der Waals surface area contributed by atoms with Crippen molar-refractivity contribution in [3.63, 3.8) is 0 Å². The number of nitriles is 1. The van der Waals surface area contributed by atoms with E-state index in [0.717, 1.165) is 58.6 Å². The Morgan fingerprint density at radius 2 is 1.83 bits per heavy atom. The van der Waals surface area contributed by atoms with E-state index in [2.05, 4.69) is 32.5 Å². The second-order valence-electron chi connectivity index (χ2n) is 9.17. The standard InChI is InChI=1S/C28H23ClN6O/c29-28-27-22(18-12-17-4-1-2-6-23(17)31-15-18)5-3-7-26(27)35(34-28)20-13-24(25(14-30)32-16-20)33-19-8-10-21(36)11-9-19/h1-7,12-13,15-16,19,21,33,36H,8-11H2. The van der Waals surface area contributed by atoms with Gasteiger partial charge in [0, 0.05) is 28.6 Å². The van der Waals surface area contributed by atoms with Crippen LogP contribution in [0, 0.1) is 11.3 Å². The number of aliphatic hydroxyl groups excluding tert-OH is 1. The molecular weight excluding hydrogens is 472 g/mol. The Balaban J connectivity index is 1.42. The highest BCUT2D eigenvalue weighted by atomic mass is 35.5. The van der Waals surface area contributed by atoms with E-state index in [-0.39, 0.29) is 12.1 Å². The van der Waals surface area contributed by atoms with Gasteiger partial charge in [0.05, 0.1) is 34.7 Å². The molecule has 8 heteroatoms. The van der Waals surface area contributed by atoms with Crippen molar-refractivity contribution in [1.29, 1.82) is 5.26 Å². The minimum Gasteiger partial charge on any atom is -0.393 e. The van der Waals surface area contributed by atoms with Crippen molar-refractivity contribution >= 4 is 39.1 Å². The van der Waals surface area contributed by atoms with Crippen molar-refractivity contribution in [3.8, 4) is 22.9 Å². The van der Waals surface area contributed by atoms with E-state index in [1.165, 1.54) is 0 Å². The average Bonchev–Trinajstić information content (AvgIpc) is 3.26. The maximum absolute atomic E-state index is 9.83. The SMILES string of the molecule is N#Cc1ncc(-n2nc(Cl)c3c(-c4cnc5ccccc5c4)cccc32)cc1NC1CCC(O)CC1. The van der Waals surface area contributed by atoms with E-state index in [1.54, 1.807) is 10.9 Å². The number of hydrogen-bond acceptors (Lipinski definition) is 6. The fourth-order valence-corrected chi connectivity index (χ4v) is 5.26. The van der Waals surface area contributed by atoms with Crippen LogP contribution in [-0.4, -0.2) is 37.0 Å². The van der Waals surface area contributed by atoms with Crippen molar-refractivity contribution in [2.75, 3.05) is 5.32 Å². The number of pyridine rings is 2. The first-order valence-electron chi connectivity index (χ1n) is 12.0. The predicted octanol–water partition coefficient (Wildman–Crippen LogP) is 5.88. The lowest BCUT2D eigenvalue weighted by molar-refractivity contribution is 0.126. The number of rotatable bonds is 4. The summed E-state index contributed by atoms with van der Waals surface area (Å²) in [6.07, 6.45) is 6.44. The van der Waals surface area contributed by atoms with Gasteiger partial charge in [-0.1, -0.05) is 41.9 Å². The zero-order valence-electron chi connectivity index (χ0n) is 19.4. The lowest BCUT2D eigenvalue weighted by Crippen LogP contribution is -2.28. The molecule has 2 aromatic carbocycles. The quantitative estimate of drug-likeness (QED) is 0.324. The number of aliphatic hydroxyl groups is 1. The van der Waals surface area contributed by atoms with Crippen molar-refractivity contribution in [2.24, 2.45) is 0 Å². The van der Waals surface area contributed by atoms with Gasteiger partial charge in [0.1, 0.15) is 6.07 Å². The summed E-state index contributed by atoms with van der Waals surface area (Å²) in [5.41, 5.74) is 5.37. The Bertz CT molecular complexity index is 1630. The van der Waals surface area contributed by atoms with Crippen molar-refractivity contribution in [1.82, 2.24) is 19.7 Å². The van der Waals surface area contributed by atoms with Gasteiger partial charge >= 0.3 is 0 Å². The molecule has 5 aromatic rings. The van der Waals surface area contributed by atoms with Crippen molar-refractivity contribution < 1.29 is 5.11 Å². The third kappa shape index (κ3) is 4.05. The van der Waals surface area contributed by atoms with Gasteiger partial charge in [0.25, 0.3) is 0 Å². The number of halogens is 1. The smallest absolute Gasteiger partial charge is 0.163 e. The fourth-order valence-electron chi connectivity index (χ4n) is 4.99. The highest BCUT2D eigenvalue weighted by molar-refractivity contribution is 6.35. The van der Waals surface area contributed by atoms with Gasteiger partial charge in [-0.2, -0.15) is 10.4 Å². The van der Waals surface area contributed by atoms with Gasteiger partial charge in [-0.3, -0.25) is 4.98 Å². The Labute approximate surface area is 213 Å². The van der Waals surface area contributed by atoms with Crippen LogP contribution in [0.2, 0.25) is 5.15 Å². The summed E-state index contributed by atoms with van der Waals surface area (Å²) in [5.74, 6) is 0. The second kappa shape index (κ2) is 9.23. The van der Waals surface area contributed by atoms with E-state index in [4.69, 9.17) is 11.6 Å². The molecule has 36 heavy (non-hydrogen) atoms. The minimum absolute atomic E-state index is 0.183.